The van der Waals surface area contributed by atoms with Gasteiger partial charge < -0.3 is 10.0 Å². The van der Waals surface area contributed by atoms with E-state index >= 15 is 0 Å². The van der Waals surface area contributed by atoms with Crippen molar-refractivity contribution >= 4 is 11.9 Å². The number of carbonyl (C=O) groups excluding carboxylic acids is 1. The molecule has 0 aromatic heterocycles. The molecular weight excluding hydrogens is 290 g/mol. The third-order valence-electron chi connectivity index (χ3n) is 4.39. The quantitative estimate of drug-likeness (QED) is 0.948. The molecule has 2 aromatic rings. The Morgan fingerprint density at radius 2 is 1.83 bits per heavy atom. The number of carbonyl (C=O) groups is 2. The van der Waals surface area contributed by atoms with Crippen LogP contribution in [0.25, 0.3) is 0 Å². The van der Waals surface area contributed by atoms with Crippen LogP contribution in [0.2, 0.25) is 0 Å². The van der Waals surface area contributed by atoms with E-state index in [9.17, 15) is 14.7 Å². The summed E-state index contributed by atoms with van der Waals surface area (Å²) in [6.07, 6.45) is 0.923. The molecule has 1 unspecified atom stereocenters. The summed E-state index contributed by atoms with van der Waals surface area (Å²) in [5.41, 5.74) is 3.50. The fourth-order valence-electron chi connectivity index (χ4n) is 3.04. The van der Waals surface area contributed by atoms with Crippen LogP contribution in [-0.4, -0.2) is 28.4 Å². The summed E-state index contributed by atoms with van der Waals surface area (Å²) < 4.78 is 0. The topological polar surface area (TPSA) is 57.6 Å². The number of aryl methyl sites for hydroxylation is 1. The van der Waals surface area contributed by atoms with Crippen molar-refractivity contribution in [3.8, 4) is 0 Å². The van der Waals surface area contributed by atoms with Gasteiger partial charge in [0.2, 0.25) is 0 Å². The summed E-state index contributed by atoms with van der Waals surface area (Å²) in [4.78, 5) is 25.9. The summed E-state index contributed by atoms with van der Waals surface area (Å²) in [7, 11) is 0. The lowest BCUT2D eigenvalue weighted by Gasteiger charge is -2.33. The second-order valence-corrected chi connectivity index (χ2v) is 5.83. The number of fused-ring (bicyclic) bond motifs is 1. The molecule has 1 amide bonds. The van der Waals surface area contributed by atoms with Crippen LogP contribution in [0.4, 0.5) is 0 Å². The summed E-state index contributed by atoms with van der Waals surface area (Å²) in [6.45, 7) is 2.73. The molecule has 0 bridgehead atoms. The molecular formula is C19H19NO3. The lowest BCUT2D eigenvalue weighted by molar-refractivity contribution is -0.139. The maximum absolute atomic E-state index is 12.7. The Bertz CT molecular complexity index is 737. The highest BCUT2D eigenvalue weighted by Gasteiger charge is 2.32. The number of aliphatic carboxylic acids is 1. The van der Waals surface area contributed by atoms with Crippen molar-refractivity contribution in [1.29, 1.82) is 0 Å². The molecule has 2 aromatic carbocycles. The molecule has 4 nitrogen and oxygen atoms in total. The number of carboxylic acids is 1. The standard InChI is InChI=1S/C19H19NO3/c1-2-13-7-9-14(10-8-13)18(21)20-11-15-5-3-4-6-16(15)17(12-20)19(22)23/h3-10,17H,2,11-12H2,1H3,(H,22,23). The second-order valence-electron chi connectivity index (χ2n) is 5.83. The Balaban J connectivity index is 1.88. The summed E-state index contributed by atoms with van der Waals surface area (Å²) in [6, 6.07) is 15.0. The van der Waals surface area contributed by atoms with Crippen molar-refractivity contribution < 1.29 is 14.7 Å². The molecule has 23 heavy (non-hydrogen) atoms. The minimum atomic E-state index is -0.892. The van der Waals surface area contributed by atoms with Gasteiger partial charge in [0.15, 0.2) is 0 Å². The van der Waals surface area contributed by atoms with Crippen molar-refractivity contribution in [1.82, 2.24) is 4.90 Å². The minimum absolute atomic E-state index is 0.117. The van der Waals surface area contributed by atoms with E-state index in [-0.39, 0.29) is 12.5 Å². The van der Waals surface area contributed by atoms with Crippen LogP contribution in [0.3, 0.4) is 0 Å². The van der Waals surface area contributed by atoms with Crippen molar-refractivity contribution in [3.63, 3.8) is 0 Å². The van der Waals surface area contributed by atoms with E-state index < -0.39 is 11.9 Å². The highest BCUT2D eigenvalue weighted by molar-refractivity contribution is 5.95. The molecule has 1 heterocycles. The molecule has 1 aliphatic rings. The van der Waals surface area contributed by atoms with Crippen molar-refractivity contribution in [2.24, 2.45) is 0 Å². The molecule has 1 aliphatic heterocycles. The van der Waals surface area contributed by atoms with Gasteiger partial charge in [-0.05, 0) is 35.2 Å². The molecule has 0 saturated heterocycles. The molecule has 0 spiro atoms. The highest BCUT2D eigenvalue weighted by atomic mass is 16.4. The van der Waals surface area contributed by atoms with E-state index in [0.717, 1.165) is 17.5 Å². The van der Waals surface area contributed by atoms with Gasteiger partial charge in [0.05, 0.1) is 5.92 Å². The summed E-state index contributed by atoms with van der Waals surface area (Å²) in [5.74, 6) is -1.68. The van der Waals surface area contributed by atoms with Crippen molar-refractivity contribution in [2.45, 2.75) is 25.8 Å². The minimum Gasteiger partial charge on any atom is -0.481 e. The van der Waals surface area contributed by atoms with Crippen molar-refractivity contribution in [2.75, 3.05) is 6.54 Å². The van der Waals surface area contributed by atoms with Gasteiger partial charge in [-0.3, -0.25) is 9.59 Å². The average molecular weight is 309 g/mol. The molecule has 0 aliphatic carbocycles. The van der Waals surface area contributed by atoms with Crippen LogP contribution in [-0.2, 0) is 17.8 Å². The maximum atomic E-state index is 12.7. The highest BCUT2D eigenvalue weighted by Crippen LogP contribution is 2.29. The number of hydrogen-bond acceptors (Lipinski definition) is 2. The fourth-order valence-corrected chi connectivity index (χ4v) is 3.04. The average Bonchev–Trinajstić information content (AvgIpc) is 2.60. The van der Waals surface area contributed by atoms with Gasteiger partial charge >= 0.3 is 5.97 Å². The van der Waals surface area contributed by atoms with Gasteiger partial charge in [0, 0.05) is 18.7 Å². The molecule has 4 heteroatoms. The van der Waals surface area contributed by atoms with Crippen LogP contribution in [0, 0.1) is 0 Å². The maximum Gasteiger partial charge on any atom is 0.312 e. The van der Waals surface area contributed by atoms with Gasteiger partial charge in [-0.15, -0.1) is 0 Å². The normalized spacial score (nSPS) is 16.7. The molecule has 118 valence electrons. The van der Waals surface area contributed by atoms with Crippen LogP contribution in [0.1, 0.15) is 39.9 Å². The number of hydrogen-bond donors (Lipinski definition) is 1. The summed E-state index contributed by atoms with van der Waals surface area (Å²) >= 11 is 0. The molecule has 0 fully saturated rings. The van der Waals surface area contributed by atoms with Crippen LogP contribution < -0.4 is 0 Å². The van der Waals surface area contributed by atoms with Crippen LogP contribution in [0.5, 0.6) is 0 Å². The molecule has 0 radical (unpaired) electrons. The zero-order valence-corrected chi connectivity index (χ0v) is 13.0. The van der Waals surface area contributed by atoms with Gasteiger partial charge in [0.1, 0.15) is 0 Å². The Kier molecular flexibility index (Phi) is 4.15. The Morgan fingerprint density at radius 1 is 1.13 bits per heavy atom. The first-order valence-electron chi connectivity index (χ1n) is 7.79. The van der Waals surface area contributed by atoms with Gasteiger partial charge in [-0.1, -0.05) is 43.3 Å². The summed E-state index contributed by atoms with van der Waals surface area (Å²) in [5, 5.41) is 9.49. The Hall–Kier alpha value is -2.62. The van der Waals surface area contributed by atoms with E-state index in [0.29, 0.717) is 12.1 Å². The SMILES string of the molecule is CCc1ccc(C(=O)N2Cc3ccccc3C(C(=O)O)C2)cc1. The van der Waals surface area contributed by atoms with Crippen LogP contribution >= 0.6 is 0 Å². The third-order valence-corrected chi connectivity index (χ3v) is 4.39. The molecule has 1 N–H and O–H groups in total. The first-order valence-corrected chi connectivity index (χ1v) is 7.79. The van der Waals surface area contributed by atoms with E-state index in [1.165, 1.54) is 5.56 Å². The third kappa shape index (κ3) is 2.97. The zero-order chi connectivity index (χ0) is 16.4. The van der Waals surface area contributed by atoms with Gasteiger partial charge in [-0.25, -0.2) is 0 Å². The monoisotopic (exact) mass is 309 g/mol. The first-order chi connectivity index (χ1) is 11.1. The van der Waals surface area contributed by atoms with Gasteiger partial charge in [0.25, 0.3) is 5.91 Å². The second kappa shape index (κ2) is 6.24. The molecule has 1 atom stereocenters. The number of amides is 1. The number of benzene rings is 2. The predicted molar refractivity (Wildman–Crippen MR) is 87.4 cm³/mol. The van der Waals surface area contributed by atoms with Gasteiger partial charge in [-0.2, -0.15) is 0 Å². The Labute approximate surface area is 135 Å². The zero-order valence-electron chi connectivity index (χ0n) is 13.0. The van der Waals surface area contributed by atoms with Crippen LogP contribution in [0.15, 0.2) is 48.5 Å². The van der Waals surface area contributed by atoms with E-state index in [1.807, 2.05) is 48.5 Å². The molecule has 0 saturated carbocycles. The predicted octanol–water partition coefficient (Wildman–Crippen LogP) is 3.07. The molecule has 3 rings (SSSR count). The smallest absolute Gasteiger partial charge is 0.312 e. The first kappa shape index (κ1) is 15.3. The van der Waals surface area contributed by atoms with E-state index in [4.69, 9.17) is 0 Å². The lowest BCUT2D eigenvalue weighted by Crippen LogP contribution is -2.40. The number of rotatable bonds is 3. The Morgan fingerprint density at radius 3 is 2.48 bits per heavy atom. The number of carboxylic acid groups (broad SMARTS) is 1. The van der Waals surface area contributed by atoms with E-state index in [1.54, 1.807) is 4.90 Å². The fraction of sp³-hybridized carbons (Fsp3) is 0.263. The van der Waals surface area contributed by atoms with Crippen molar-refractivity contribution in [3.05, 3.63) is 70.8 Å². The largest absolute Gasteiger partial charge is 0.481 e. The lowest BCUT2D eigenvalue weighted by atomic mass is 9.89. The number of nitrogens with zero attached hydrogens (tertiary/aromatic N) is 1. The van der Waals surface area contributed by atoms with E-state index in [2.05, 4.69) is 6.92 Å².